The monoisotopic (exact) mass is 222 g/mol. The van der Waals surface area contributed by atoms with Crippen molar-refractivity contribution < 1.29 is 9.84 Å². The van der Waals surface area contributed by atoms with E-state index in [1.165, 1.54) is 5.56 Å². The fourth-order valence-electron chi connectivity index (χ4n) is 1.66. The predicted molar refractivity (Wildman–Crippen MR) is 66.4 cm³/mol. The molecule has 0 aliphatic carbocycles. The fourth-order valence-corrected chi connectivity index (χ4v) is 1.66. The third-order valence-corrected chi connectivity index (χ3v) is 2.61. The predicted octanol–water partition coefficient (Wildman–Crippen LogP) is 3.32. The molecule has 1 rings (SSSR count). The average Bonchev–Trinajstić information content (AvgIpc) is 2.35. The van der Waals surface area contributed by atoms with E-state index in [0.717, 1.165) is 32.3 Å². The minimum atomic E-state index is 0.139. The molecule has 0 fully saturated rings. The molecule has 1 N–H and O–H groups in total. The number of benzene rings is 1. The summed E-state index contributed by atoms with van der Waals surface area (Å²) in [6, 6.07) is 10.3. The van der Waals surface area contributed by atoms with Crippen LogP contribution in [-0.2, 0) is 4.74 Å². The number of rotatable bonds is 8. The summed E-state index contributed by atoms with van der Waals surface area (Å²) in [5.41, 5.74) is 1.21. The molecule has 0 saturated carbocycles. The molecule has 90 valence electrons. The first kappa shape index (κ1) is 13.2. The summed E-state index contributed by atoms with van der Waals surface area (Å²) in [5, 5.41) is 8.88. The molecule has 0 radical (unpaired) electrons. The molecule has 1 unspecified atom stereocenters. The van der Waals surface area contributed by atoms with Crippen LogP contribution in [0.15, 0.2) is 30.3 Å². The summed E-state index contributed by atoms with van der Waals surface area (Å²) >= 11 is 0. The highest BCUT2D eigenvalue weighted by Crippen LogP contribution is 2.22. The van der Waals surface area contributed by atoms with Crippen molar-refractivity contribution >= 4 is 0 Å². The van der Waals surface area contributed by atoms with Crippen molar-refractivity contribution in [2.75, 3.05) is 13.2 Å². The highest BCUT2D eigenvalue weighted by Gasteiger charge is 2.10. The normalized spacial score (nSPS) is 12.6. The van der Waals surface area contributed by atoms with E-state index in [1.54, 1.807) is 0 Å². The van der Waals surface area contributed by atoms with Crippen LogP contribution in [0.1, 0.15) is 44.3 Å². The molecule has 0 amide bonds. The maximum absolute atomic E-state index is 8.88. The van der Waals surface area contributed by atoms with Gasteiger partial charge in [0.25, 0.3) is 0 Å². The first-order valence-corrected chi connectivity index (χ1v) is 6.16. The van der Waals surface area contributed by atoms with Gasteiger partial charge in [-0.3, -0.25) is 0 Å². The van der Waals surface area contributed by atoms with E-state index >= 15 is 0 Å². The van der Waals surface area contributed by atoms with Crippen molar-refractivity contribution in [2.24, 2.45) is 0 Å². The van der Waals surface area contributed by atoms with Gasteiger partial charge in [-0.05, 0) is 24.8 Å². The van der Waals surface area contributed by atoms with Gasteiger partial charge in [0.1, 0.15) is 0 Å². The van der Waals surface area contributed by atoms with Gasteiger partial charge in [0.05, 0.1) is 6.10 Å². The van der Waals surface area contributed by atoms with Gasteiger partial charge in [-0.25, -0.2) is 0 Å². The Morgan fingerprint density at radius 2 is 1.94 bits per heavy atom. The average molecular weight is 222 g/mol. The minimum Gasteiger partial charge on any atom is -0.396 e. The lowest BCUT2D eigenvalue weighted by Crippen LogP contribution is -2.06. The number of hydrogen-bond donors (Lipinski definition) is 1. The van der Waals surface area contributed by atoms with Crippen molar-refractivity contribution in [3.63, 3.8) is 0 Å². The molecule has 1 atom stereocenters. The van der Waals surface area contributed by atoms with Crippen molar-refractivity contribution in [1.82, 2.24) is 0 Å². The highest BCUT2D eigenvalue weighted by molar-refractivity contribution is 5.17. The molecule has 1 aromatic rings. The summed E-state index contributed by atoms with van der Waals surface area (Å²) in [4.78, 5) is 0. The van der Waals surface area contributed by atoms with Crippen LogP contribution in [0.4, 0.5) is 0 Å². The fraction of sp³-hybridized carbons (Fsp3) is 0.571. The van der Waals surface area contributed by atoms with Crippen LogP contribution in [0.2, 0.25) is 0 Å². The van der Waals surface area contributed by atoms with E-state index in [1.807, 2.05) is 18.2 Å². The van der Waals surface area contributed by atoms with E-state index in [0.29, 0.717) is 0 Å². The van der Waals surface area contributed by atoms with Gasteiger partial charge in [0, 0.05) is 13.2 Å². The smallest absolute Gasteiger partial charge is 0.0825 e. The molecule has 16 heavy (non-hydrogen) atoms. The van der Waals surface area contributed by atoms with E-state index < -0.39 is 0 Å². The second kappa shape index (κ2) is 8.31. The summed E-state index contributed by atoms with van der Waals surface area (Å²) in [7, 11) is 0. The molecule has 0 aliphatic heterocycles. The second-order valence-electron chi connectivity index (χ2n) is 3.99. The zero-order valence-electron chi connectivity index (χ0n) is 10.1. The molecular weight excluding hydrogens is 200 g/mol. The zero-order chi connectivity index (χ0) is 11.6. The van der Waals surface area contributed by atoms with E-state index in [4.69, 9.17) is 9.84 Å². The molecule has 0 aliphatic rings. The van der Waals surface area contributed by atoms with Crippen molar-refractivity contribution in [3.8, 4) is 0 Å². The molecule has 2 heteroatoms. The third-order valence-electron chi connectivity index (χ3n) is 2.61. The molecular formula is C14H22O2. The molecule has 0 aromatic heterocycles. The van der Waals surface area contributed by atoms with Crippen LogP contribution in [0.25, 0.3) is 0 Å². The minimum absolute atomic E-state index is 0.139. The van der Waals surface area contributed by atoms with Gasteiger partial charge in [-0.15, -0.1) is 0 Å². The van der Waals surface area contributed by atoms with Gasteiger partial charge in [-0.1, -0.05) is 43.7 Å². The lowest BCUT2D eigenvalue weighted by Gasteiger charge is -2.17. The summed E-state index contributed by atoms with van der Waals surface area (Å²) in [6.45, 7) is 3.20. The highest BCUT2D eigenvalue weighted by atomic mass is 16.5. The van der Waals surface area contributed by atoms with Crippen LogP contribution in [0, 0.1) is 0 Å². The van der Waals surface area contributed by atoms with Gasteiger partial charge < -0.3 is 9.84 Å². The SMILES string of the molecule is CCCCOC(CCCO)c1ccccc1. The van der Waals surface area contributed by atoms with Crippen LogP contribution in [0.3, 0.4) is 0 Å². The van der Waals surface area contributed by atoms with Crippen LogP contribution >= 0.6 is 0 Å². The number of aliphatic hydroxyl groups excluding tert-OH is 1. The molecule has 0 spiro atoms. The third kappa shape index (κ3) is 4.77. The Labute approximate surface area is 98.3 Å². The lowest BCUT2D eigenvalue weighted by atomic mass is 10.1. The van der Waals surface area contributed by atoms with Gasteiger partial charge in [0.2, 0.25) is 0 Å². The lowest BCUT2D eigenvalue weighted by molar-refractivity contribution is 0.0401. The topological polar surface area (TPSA) is 29.5 Å². The maximum atomic E-state index is 8.88. The van der Waals surface area contributed by atoms with Crippen LogP contribution in [-0.4, -0.2) is 18.3 Å². The zero-order valence-corrected chi connectivity index (χ0v) is 10.1. The van der Waals surface area contributed by atoms with Crippen LogP contribution < -0.4 is 0 Å². The summed E-state index contributed by atoms with van der Waals surface area (Å²) in [5.74, 6) is 0. The van der Waals surface area contributed by atoms with Crippen molar-refractivity contribution in [2.45, 2.75) is 38.7 Å². The molecule has 1 aromatic carbocycles. The Morgan fingerprint density at radius 1 is 1.19 bits per heavy atom. The van der Waals surface area contributed by atoms with Gasteiger partial charge in [0.15, 0.2) is 0 Å². The number of hydrogen-bond acceptors (Lipinski definition) is 2. The Balaban J connectivity index is 2.49. The maximum Gasteiger partial charge on any atom is 0.0825 e. The van der Waals surface area contributed by atoms with Gasteiger partial charge >= 0.3 is 0 Å². The van der Waals surface area contributed by atoms with E-state index in [9.17, 15) is 0 Å². The van der Waals surface area contributed by atoms with Crippen molar-refractivity contribution in [3.05, 3.63) is 35.9 Å². The largest absolute Gasteiger partial charge is 0.396 e. The standard InChI is InChI=1S/C14H22O2/c1-2-3-12-16-14(10-7-11-15)13-8-5-4-6-9-13/h4-6,8-9,14-15H,2-3,7,10-12H2,1H3. The van der Waals surface area contributed by atoms with Gasteiger partial charge in [-0.2, -0.15) is 0 Å². The van der Waals surface area contributed by atoms with E-state index in [-0.39, 0.29) is 12.7 Å². The molecule has 2 nitrogen and oxygen atoms in total. The Bertz CT molecular complexity index is 259. The summed E-state index contributed by atoms with van der Waals surface area (Å²) < 4.78 is 5.86. The summed E-state index contributed by atoms with van der Waals surface area (Å²) in [6.07, 6.45) is 4.08. The second-order valence-corrected chi connectivity index (χ2v) is 3.99. The first-order chi connectivity index (χ1) is 7.88. The number of ether oxygens (including phenoxy) is 1. The molecule has 0 heterocycles. The Hall–Kier alpha value is -0.860. The van der Waals surface area contributed by atoms with Crippen LogP contribution in [0.5, 0.6) is 0 Å². The molecule has 0 saturated heterocycles. The Morgan fingerprint density at radius 3 is 2.56 bits per heavy atom. The first-order valence-electron chi connectivity index (χ1n) is 6.16. The molecule has 0 bridgehead atoms. The quantitative estimate of drug-likeness (QED) is 0.684. The van der Waals surface area contributed by atoms with Crippen molar-refractivity contribution in [1.29, 1.82) is 0 Å². The number of aliphatic hydroxyl groups is 1. The van der Waals surface area contributed by atoms with E-state index in [2.05, 4.69) is 19.1 Å². The number of unbranched alkanes of at least 4 members (excludes halogenated alkanes) is 1. The Kier molecular flexibility index (Phi) is 6.86.